The zero-order valence-corrected chi connectivity index (χ0v) is 7.71. The van der Waals surface area contributed by atoms with E-state index in [1.54, 1.807) is 0 Å². The summed E-state index contributed by atoms with van der Waals surface area (Å²) < 4.78 is 0. The molecule has 1 aliphatic rings. The fourth-order valence-corrected chi connectivity index (χ4v) is 7.52. The van der Waals surface area contributed by atoms with Crippen LogP contribution in [0.4, 0.5) is 0 Å². The van der Waals surface area contributed by atoms with Crippen molar-refractivity contribution in [1.82, 2.24) is 0 Å². The van der Waals surface area contributed by atoms with Crippen molar-refractivity contribution in [3.63, 3.8) is 0 Å². The Morgan fingerprint density at radius 2 is 1.38 bits per heavy atom. The van der Waals surface area contributed by atoms with E-state index in [0.717, 1.165) is 10.6 Å². The van der Waals surface area contributed by atoms with Crippen LogP contribution in [-0.2, 0) is 0 Å². The van der Waals surface area contributed by atoms with Gasteiger partial charge in [0.1, 0.15) is 0 Å². The van der Waals surface area contributed by atoms with Gasteiger partial charge in [-0.3, -0.25) is 0 Å². The molecule has 0 bridgehead atoms. The summed E-state index contributed by atoms with van der Waals surface area (Å²) in [5.74, 6) is 0. The molecular formula is C4H8O2Se2. The second kappa shape index (κ2) is 3.21. The maximum atomic E-state index is 8.95. The van der Waals surface area contributed by atoms with E-state index < -0.39 is 12.2 Å². The Hall–Kier alpha value is 0.959. The molecule has 1 rings (SSSR count). The van der Waals surface area contributed by atoms with E-state index in [4.69, 9.17) is 10.2 Å². The molecule has 1 fully saturated rings. The second-order valence-electron chi connectivity index (χ2n) is 1.70. The Labute approximate surface area is 59.5 Å². The van der Waals surface area contributed by atoms with Gasteiger partial charge in [0.25, 0.3) is 0 Å². The molecule has 1 aliphatic heterocycles. The summed E-state index contributed by atoms with van der Waals surface area (Å²) in [4.78, 5) is 0. The van der Waals surface area contributed by atoms with Gasteiger partial charge in [-0.2, -0.15) is 0 Å². The topological polar surface area (TPSA) is 40.5 Å². The van der Waals surface area contributed by atoms with Crippen LogP contribution in [0, 0.1) is 0 Å². The first kappa shape index (κ1) is 7.07. The molecule has 0 spiro atoms. The molecule has 2 atom stereocenters. The Kier molecular flexibility index (Phi) is 2.84. The average molecular weight is 246 g/mol. The first-order valence-electron chi connectivity index (χ1n) is 2.41. The standard InChI is InChI=1S/C4H8O2Se2/c5-3-1-7-8-2-4(3)6/h3-6H,1-2H2. The van der Waals surface area contributed by atoms with E-state index in [0.29, 0.717) is 26.3 Å². The Morgan fingerprint density at radius 3 is 1.62 bits per heavy atom. The summed E-state index contributed by atoms with van der Waals surface area (Å²) >= 11 is 1.32. The first-order chi connectivity index (χ1) is 3.80. The molecule has 0 saturated carbocycles. The summed E-state index contributed by atoms with van der Waals surface area (Å²) in [5, 5.41) is 19.6. The van der Waals surface area contributed by atoms with Gasteiger partial charge >= 0.3 is 59.3 Å². The third-order valence-electron chi connectivity index (χ3n) is 1.01. The summed E-state index contributed by atoms with van der Waals surface area (Å²) in [5.41, 5.74) is 0. The molecule has 1 heterocycles. The van der Waals surface area contributed by atoms with Crippen molar-refractivity contribution in [2.24, 2.45) is 0 Å². The third kappa shape index (κ3) is 1.73. The summed E-state index contributed by atoms with van der Waals surface area (Å²) in [6, 6.07) is 0. The summed E-state index contributed by atoms with van der Waals surface area (Å²) in [6.45, 7) is 0. The van der Waals surface area contributed by atoms with Gasteiger partial charge in [0.15, 0.2) is 0 Å². The molecule has 4 heteroatoms. The van der Waals surface area contributed by atoms with Crippen LogP contribution in [0.3, 0.4) is 0 Å². The number of rotatable bonds is 0. The van der Waals surface area contributed by atoms with Crippen LogP contribution < -0.4 is 0 Å². The molecule has 2 N–H and O–H groups in total. The van der Waals surface area contributed by atoms with Gasteiger partial charge in [-0.05, 0) is 0 Å². The van der Waals surface area contributed by atoms with Crippen molar-refractivity contribution in [3.05, 3.63) is 0 Å². The molecule has 48 valence electrons. The van der Waals surface area contributed by atoms with Crippen molar-refractivity contribution in [2.45, 2.75) is 22.8 Å². The summed E-state index contributed by atoms with van der Waals surface area (Å²) in [6.07, 6.45) is -0.795. The monoisotopic (exact) mass is 248 g/mol. The first-order valence-corrected chi connectivity index (χ1v) is 9.17. The Balaban J connectivity index is 2.28. The predicted molar refractivity (Wildman–Crippen MR) is 33.1 cm³/mol. The molecule has 8 heavy (non-hydrogen) atoms. The van der Waals surface area contributed by atoms with E-state index in [9.17, 15) is 0 Å². The Morgan fingerprint density at radius 1 is 1.00 bits per heavy atom. The van der Waals surface area contributed by atoms with Crippen LogP contribution in [0.15, 0.2) is 0 Å². The van der Waals surface area contributed by atoms with Crippen molar-refractivity contribution in [3.8, 4) is 0 Å². The van der Waals surface area contributed by atoms with E-state index in [1.807, 2.05) is 0 Å². The molecule has 2 unspecified atom stereocenters. The van der Waals surface area contributed by atoms with E-state index >= 15 is 0 Å². The molecule has 0 radical (unpaired) electrons. The molecule has 0 aliphatic carbocycles. The fourth-order valence-electron chi connectivity index (χ4n) is 0.458. The Bertz CT molecular complexity index is 68.4. The van der Waals surface area contributed by atoms with Crippen LogP contribution in [0.2, 0.25) is 10.6 Å². The maximum absolute atomic E-state index is 8.95. The number of aliphatic hydroxyl groups is 2. The predicted octanol–water partition coefficient (Wildman–Crippen LogP) is -1.12. The van der Waals surface area contributed by atoms with E-state index in [1.165, 1.54) is 0 Å². The van der Waals surface area contributed by atoms with Gasteiger partial charge in [-0.15, -0.1) is 0 Å². The minimum absolute atomic E-state index is 0.398. The van der Waals surface area contributed by atoms with Gasteiger partial charge in [0.2, 0.25) is 0 Å². The van der Waals surface area contributed by atoms with Crippen molar-refractivity contribution < 1.29 is 10.2 Å². The van der Waals surface area contributed by atoms with Gasteiger partial charge in [0, 0.05) is 0 Å². The van der Waals surface area contributed by atoms with Crippen molar-refractivity contribution in [1.29, 1.82) is 0 Å². The van der Waals surface area contributed by atoms with E-state index in [-0.39, 0.29) is 0 Å². The van der Waals surface area contributed by atoms with Crippen LogP contribution >= 0.6 is 0 Å². The molecule has 0 aromatic carbocycles. The van der Waals surface area contributed by atoms with Gasteiger partial charge in [-0.1, -0.05) is 0 Å². The zero-order chi connectivity index (χ0) is 5.98. The van der Waals surface area contributed by atoms with Crippen molar-refractivity contribution in [2.75, 3.05) is 0 Å². The fraction of sp³-hybridized carbons (Fsp3) is 1.00. The molecule has 2 nitrogen and oxygen atoms in total. The van der Waals surface area contributed by atoms with Gasteiger partial charge in [-0.25, -0.2) is 0 Å². The zero-order valence-electron chi connectivity index (χ0n) is 4.28. The quantitative estimate of drug-likeness (QED) is 0.532. The number of aliphatic hydroxyl groups excluding tert-OH is 2. The normalized spacial score (nSPS) is 39.8. The van der Waals surface area contributed by atoms with Crippen LogP contribution in [0.1, 0.15) is 0 Å². The van der Waals surface area contributed by atoms with Gasteiger partial charge in [0.05, 0.1) is 0 Å². The SMILES string of the molecule is OC1C[Se][Se]CC1O. The molecule has 0 amide bonds. The molecule has 1 saturated heterocycles. The molecule has 0 aromatic rings. The third-order valence-corrected chi connectivity index (χ3v) is 8.14. The number of hydrogen-bond acceptors (Lipinski definition) is 2. The number of hydrogen-bond donors (Lipinski definition) is 2. The minimum atomic E-state index is -0.398. The van der Waals surface area contributed by atoms with Gasteiger partial charge < -0.3 is 0 Å². The van der Waals surface area contributed by atoms with Crippen LogP contribution in [0.25, 0.3) is 0 Å². The average Bonchev–Trinajstić information content (AvgIpc) is 1.77. The summed E-state index contributed by atoms with van der Waals surface area (Å²) in [7, 11) is 0. The van der Waals surface area contributed by atoms with Crippen LogP contribution in [-0.4, -0.2) is 48.7 Å². The van der Waals surface area contributed by atoms with Crippen LogP contribution in [0.5, 0.6) is 0 Å². The van der Waals surface area contributed by atoms with E-state index in [2.05, 4.69) is 0 Å². The van der Waals surface area contributed by atoms with Crippen molar-refractivity contribution >= 4 is 26.3 Å². The molecule has 0 aromatic heterocycles. The molecular weight excluding hydrogens is 238 g/mol. The second-order valence-corrected chi connectivity index (χ2v) is 9.23.